The molecule has 0 saturated heterocycles. The minimum absolute atomic E-state index is 0.0703. The van der Waals surface area contributed by atoms with Crippen molar-refractivity contribution in [3.05, 3.63) is 94.9 Å². The van der Waals surface area contributed by atoms with Crippen LogP contribution in [0.1, 0.15) is 21.9 Å². The fourth-order valence-corrected chi connectivity index (χ4v) is 5.43. The summed E-state index contributed by atoms with van der Waals surface area (Å²) in [5.41, 5.74) is 4.51. The van der Waals surface area contributed by atoms with E-state index < -0.39 is 18.1 Å². The summed E-state index contributed by atoms with van der Waals surface area (Å²) in [6.45, 7) is 0.148. The Morgan fingerprint density at radius 1 is 0.938 bits per heavy atom. The van der Waals surface area contributed by atoms with Gasteiger partial charge in [-0.15, -0.1) is 11.3 Å². The number of thiophene rings is 1. The van der Waals surface area contributed by atoms with Gasteiger partial charge in [-0.05, 0) is 39.8 Å². The monoisotopic (exact) mass is 443 g/mol. The predicted octanol–water partition coefficient (Wildman–Crippen LogP) is 5.44. The second-order valence-electron chi connectivity index (χ2n) is 7.82. The second kappa shape index (κ2) is 8.48. The summed E-state index contributed by atoms with van der Waals surface area (Å²) in [4.78, 5) is 25.2. The van der Waals surface area contributed by atoms with Crippen LogP contribution < -0.4 is 5.32 Å². The van der Waals surface area contributed by atoms with Crippen LogP contribution in [0.4, 0.5) is 4.79 Å². The molecule has 0 radical (unpaired) electrons. The molecule has 0 unspecified atom stereocenters. The van der Waals surface area contributed by atoms with Gasteiger partial charge in [0, 0.05) is 21.9 Å². The normalized spacial score (nSPS) is 13.4. The Kier molecular flexibility index (Phi) is 5.37. The van der Waals surface area contributed by atoms with E-state index in [1.54, 1.807) is 0 Å². The van der Waals surface area contributed by atoms with Crippen LogP contribution in [-0.2, 0) is 16.0 Å². The number of nitrogens with one attached hydrogen (secondary N) is 1. The van der Waals surface area contributed by atoms with Crippen molar-refractivity contribution < 1.29 is 19.4 Å². The Morgan fingerprint density at radius 3 is 2.22 bits per heavy atom. The number of fused-ring (bicyclic) bond motifs is 4. The van der Waals surface area contributed by atoms with Gasteiger partial charge in [-0.3, -0.25) is 0 Å². The number of aliphatic carboxylic acids is 1. The maximum Gasteiger partial charge on any atom is 0.407 e. The van der Waals surface area contributed by atoms with Crippen LogP contribution in [0.5, 0.6) is 0 Å². The van der Waals surface area contributed by atoms with Crippen molar-refractivity contribution in [2.45, 2.75) is 18.4 Å². The van der Waals surface area contributed by atoms with Crippen LogP contribution in [0.3, 0.4) is 0 Å². The van der Waals surface area contributed by atoms with Crippen molar-refractivity contribution in [2.75, 3.05) is 6.61 Å². The summed E-state index contributed by atoms with van der Waals surface area (Å²) in [5.74, 6) is -1.16. The summed E-state index contributed by atoms with van der Waals surface area (Å²) in [5, 5.41) is 13.2. The zero-order valence-corrected chi connectivity index (χ0v) is 18.0. The average molecular weight is 444 g/mol. The first kappa shape index (κ1) is 20.3. The number of alkyl carbamates (subject to hydrolysis) is 1. The third-order valence-corrected chi connectivity index (χ3v) is 6.95. The topological polar surface area (TPSA) is 75.6 Å². The van der Waals surface area contributed by atoms with Crippen molar-refractivity contribution >= 4 is 33.5 Å². The maximum atomic E-state index is 12.5. The molecule has 1 aromatic heterocycles. The van der Waals surface area contributed by atoms with Crippen LogP contribution in [0, 0.1) is 0 Å². The molecule has 1 aliphatic carbocycles. The number of hydrogen-bond acceptors (Lipinski definition) is 4. The standard InChI is InChI=1S/C26H21NO4S/c28-25(29)23(14-17-13-16-7-1-6-12-24(16)32-17)27-26(30)31-15-22-20-10-4-2-8-18(20)19-9-3-5-11-21(19)22/h1-13,22-23H,14-15H2,(H,27,30)(H,28,29)/t23-/m1/s1. The lowest BCUT2D eigenvalue weighted by molar-refractivity contribution is -0.139. The molecule has 160 valence electrons. The van der Waals surface area contributed by atoms with Gasteiger partial charge in [-0.1, -0.05) is 66.7 Å². The third-order valence-electron chi connectivity index (χ3n) is 5.82. The molecule has 0 spiro atoms. The molecule has 1 heterocycles. The zero-order valence-electron chi connectivity index (χ0n) is 17.2. The number of ether oxygens (including phenoxy) is 1. The van der Waals surface area contributed by atoms with Gasteiger partial charge in [-0.2, -0.15) is 0 Å². The van der Waals surface area contributed by atoms with E-state index in [-0.39, 0.29) is 18.9 Å². The number of rotatable bonds is 6. The van der Waals surface area contributed by atoms with E-state index in [9.17, 15) is 14.7 Å². The Hall–Kier alpha value is -3.64. The molecule has 6 heteroatoms. The van der Waals surface area contributed by atoms with Crippen molar-refractivity contribution in [3.8, 4) is 11.1 Å². The minimum Gasteiger partial charge on any atom is -0.480 e. The highest BCUT2D eigenvalue weighted by Gasteiger charge is 2.30. The van der Waals surface area contributed by atoms with Crippen LogP contribution in [0.15, 0.2) is 78.9 Å². The fourth-order valence-electron chi connectivity index (χ4n) is 4.32. The van der Waals surface area contributed by atoms with Crippen LogP contribution in [0.25, 0.3) is 21.2 Å². The molecule has 1 atom stereocenters. The van der Waals surface area contributed by atoms with E-state index in [2.05, 4.69) is 17.4 Å². The predicted molar refractivity (Wildman–Crippen MR) is 125 cm³/mol. The Bertz CT molecular complexity index is 1230. The molecule has 0 bridgehead atoms. The Balaban J connectivity index is 1.27. The minimum atomic E-state index is -1.09. The highest BCUT2D eigenvalue weighted by atomic mass is 32.1. The van der Waals surface area contributed by atoms with E-state index in [1.807, 2.05) is 66.7 Å². The first-order valence-electron chi connectivity index (χ1n) is 10.4. The van der Waals surface area contributed by atoms with Gasteiger partial charge >= 0.3 is 12.1 Å². The van der Waals surface area contributed by atoms with Gasteiger partial charge in [-0.25, -0.2) is 9.59 Å². The lowest BCUT2D eigenvalue weighted by Crippen LogP contribution is -2.42. The summed E-state index contributed by atoms with van der Waals surface area (Å²) >= 11 is 1.53. The number of carboxylic acid groups (broad SMARTS) is 1. The molecule has 1 amide bonds. The van der Waals surface area contributed by atoms with Crippen LogP contribution >= 0.6 is 11.3 Å². The molecule has 5 nitrogen and oxygen atoms in total. The first-order chi connectivity index (χ1) is 15.6. The molecule has 32 heavy (non-hydrogen) atoms. The molecule has 3 aromatic carbocycles. The number of benzene rings is 3. The lowest BCUT2D eigenvalue weighted by Gasteiger charge is -2.17. The molecule has 2 N–H and O–H groups in total. The van der Waals surface area contributed by atoms with Crippen molar-refractivity contribution in [3.63, 3.8) is 0 Å². The smallest absolute Gasteiger partial charge is 0.407 e. The number of carbonyl (C=O) groups is 2. The lowest BCUT2D eigenvalue weighted by atomic mass is 9.98. The number of hydrogen-bond donors (Lipinski definition) is 2. The maximum absolute atomic E-state index is 12.5. The van der Waals surface area contributed by atoms with Gasteiger partial charge in [0.1, 0.15) is 12.6 Å². The van der Waals surface area contributed by atoms with Crippen molar-refractivity contribution in [1.82, 2.24) is 5.32 Å². The van der Waals surface area contributed by atoms with Gasteiger partial charge in [0.2, 0.25) is 0 Å². The first-order valence-corrected chi connectivity index (χ1v) is 11.2. The zero-order chi connectivity index (χ0) is 22.1. The molecule has 0 aliphatic heterocycles. The molecule has 5 rings (SSSR count). The molecule has 4 aromatic rings. The summed E-state index contributed by atoms with van der Waals surface area (Å²) in [7, 11) is 0. The van der Waals surface area contributed by atoms with Gasteiger partial charge in [0.05, 0.1) is 0 Å². The van der Waals surface area contributed by atoms with E-state index in [0.29, 0.717) is 0 Å². The van der Waals surface area contributed by atoms with E-state index >= 15 is 0 Å². The van der Waals surface area contributed by atoms with Crippen molar-refractivity contribution in [2.24, 2.45) is 0 Å². The fraction of sp³-hybridized carbons (Fsp3) is 0.154. The van der Waals surface area contributed by atoms with Gasteiger partial charge in [0.25, 0.3) is 0 Å². The van der Waals surface area contributed by atoms with E-state index in [1.165, 1.54) is 11.3 Å². The molecule has 0 fully saturated rings. The SMILES string of the molecule is O=C(N[C@H](Cc1cc2ccccc2s1)C(=O)O)OCC1c2ccccc2-c2ccccc21. The summed E-state index contributed by atoms with van der Waals surface area (Å²) in [6.07, 6.45) is -0.515. The highest BCUT2D eigenvalue weighted by Crippen LogP contribution is 2.44. The second-order valence-corrected chi connectivity index (χ2v) is 8.98. The number of carbonyl (C=O) groups excluding carboxylic acids is 1. The van der Waals surface area contributed by atoms with Crippen LogP contribution in [-0.4, -0.2) is 29.8 Å². The van der Waals surface area contributed by atoms with Crippen LogP contribution in [0.2, 0.25) is 0 Å². The third kappa shape index (κ3) is 3.85. The molecular weight excluding hydrogens is 422 g/mol. The molecule has 0 saturated carbocycles. The molecular formula is C26H21NO4S. The van der Waals surface area contributed by atoms with Gasteiger partial charge < -0.3 is 15.2 Å². The number of carboxylic acids is 1. The number of amides is 1. The summed E-state index contributed by atoms with van der Waals surface area (Å²) in [6, 6.07) is 25.0. The van der Waals surface area contributed by atoms with E-state index in [4.69, 9.17) is 4.74 Å². The highest BCUT2D eigenvalue weighted by molar-refractivity contribution is 7.19. The summed E-state index contributed by atoms with van der Waals surface area (Å²) < 4.78 is 6.60. The Morgan fingerprint density at radius 2 is 1.56 bits per heavy atom. The van der Waals surface area contributed by atoms with Gasteiger partial charge in [0.15, 0.2) is 0 Å². The average Bonchev–Trinajstić information content (AvgIpc) is 3.35. The van der Waals surface area contributed by atoms with Crippen molar-refractivity contribution in [1.29, 1.82) is 0 Å². The Labute approximate surface area is 189 Å². The largest absolute Gasteiger partial charge is 0.480 e. The molecule has 1 aliphatic rings. The van der Waals surface area contributed by atoms with E-state index in [0.717, 1.165) is 37.2 Å². The quantitative estimate of drug-likeness (QED) is 0.416.